The van der Waals surface area contributed by atoms with E-state index in [0.717, 1.165) is 5.96 Å². The minimum Gasteiger partial charge on any atom is -0.380 e. The number of nitrogens with one attached hydrogen (secondary N) is 1. The van der Waals surface area contributed by atoms with Crippen LogP contribution in [0.4, 0.5) is 0 Å². The van der Waals surface area contributed by atoms with Crippen molar-refractivity contribution >= 4 is 16.0 Å². The normalized spacial score (nSPS) is 17.5. The quantitative estimate of drug-likeness (QED) is 0.351. The van der Waals surface area contributed by atoms with Crippen molar-refractivity contribution in [2.75, 3.05) is 65.3 Å². The molecule has 0 aromatic carbocycles. The lowest BCUT2D eigenvalue weighted by molar-refractivity contribution is 0.0904. The van der Waals surface area contributed by atoms with Crippen molar-refractivity contribution in [2.24, 2.45) is 4.99 Å². The third-order valence-corrected chi connectivity index (χ3v) is 5.50. The van der Waals surface area contributed by atoms with Gasteiger partial charge in [0.05, 0.1) is 25.1 Å². The summed E-state index contributed by atoms with van der Waals surface area (Å²) >= 11 is 0. The Bertz CT molecular complexity index is 474. The highest BCUT2D eigenvalue weighted by Gasteiger charge is 2.27. The highest BCUT2D eigenvalue weighted by atomic mass is 32.2. The van der Waals surface area contributed by atoms with E-state index in [0.29, 0.717) is 45.9 Å². The molecular formula is C15H32N4O4S. The van der Waals surface area contributed by atoms with Gasteiger partial charge in [0.2, 0.25) is 10.0 Å². The molecule has 9 heteroatoms. The van der Waals surface area contributed by atoms with Crippen molar-refractivity contribution in [3.63, 3.8) is 0 Å². The number of ether oxygens (including phenoxy) is 2. The predicted octanol–water partition coefficient (Wildman–Crippen LogP) is -0.0293. The largest absolute Gasteiger partial charge is 0.380 e. The first kappa shape index (κ1) is 21.1. The van der Waals surface area contributed by atoms with E-state index in [2.05, 4.69) is 15.2 Å². The molecule has 0 saturated carbocycles. The fourth-order valence-electron chi connectivity index (χ4n) is 2.41. The van der Waals surface area contributed by atoms with Crippen LogP contribution in [0.2, 0.25) is 0 Å². The van der Waals surface area contributed by atoms with Crippen molar-refractivity contribution in [3.05, 3.63) is 0 Å². The summed E-state index contributed by atoms with van der Waals surface area (Å²) in [6, 6.07) is 0. The zero-order chi connectivity index (χ0) is 18.0. The third-order valence-electron chi connectivity index (χ3n) is 3.67. The topological polar surface area (TPSA) is 83.5 Å². The summed E-state index contributed by atoms with van der Waals surface area (Å²) in [6.45, 7) is 10.2. The molecule has 0 spiro atoms. The van der Waals surface area contributed by atoms with Crippen LogP contribution in [0.3, 0.4) is 0 Å². The first-order valence-corrected chi connectivity index (χ1v) is 10.1. The molecule has 0 amide bonds. The number of hydrogen-bond donors (Lipinski definition) is 1. The number of sulfonamides is 1. The van der Waals surface area contributed by atoms with Gasteiger partial charge in [0.1, 0.15) is 0 Å². The molecule has 1 aliphatic heterocycles. The van der Waals surface area contributed by atoms with Crippen LogP contribution in [-0.2, 0) is 19.5 Å². The van der Waals surface area contributed by atoms with E-state index in [-0.39, 0.29) is 18.5 Å². The number of rotatable bonds is 9. The van der Waals surface area contributed by atoms with Gasteiger partial charge in [0.25, 0.3) is 0 Å². The summed E-state index contributed by atoms with van der Waals surface area (Å²) in [5, 5.41) is 3.24. The lowest BCUT2D eigenvalue weighted by Crippen LogP contribution is -2.54. The number of aliphatic imine (C=N–C) groups is 1. The van der Waals surface area contributed by atoms with E-state index in [4.69, 9.17) is 9.47 Å². The van der Waals surface area contributed by atoms with Crippen molar-refractivity contribution in [1.82, 2.24) is 14.5 Å². The molecule has 0 atom stereocenters. The molecule has 1 heterocycles. The molecule has 0 aromatic heterocycles. The second-order valence-electron chi connectivity index (χ2n) is 5.79. The lowest BCUT2D eigenvalue weighted by Gasteiger charge is -2.35. The van der Waals surface area contributed by atoms with Crippen LogP contribution in [0.5, 0.6) is 0 Å². The summed E-state index contributed by atoms with van der Waals surface area (Å²) in [5.74, 6) is 0.821. The molecule has 1 N–H and O–H groups in total. The Morgan fingerprint density at radius 1 is 1.21 bits per heavy atom. The average molecular weight is 365 g/mol. The van der Waals surface area contributed by atoms with Crippen molar-refractivity contribution in [3.8, 4) is 0 Å². The van der Waals surface area contributed by atoms with Gasteiger partial charge in [-0.05, 0) is 20.8 Å². The monoisotopic (exact) mass is 364 g/mol. The fraction of sp³-hybridized carbons (Fsp3) is 0.933. The Labute approximate surface area is 146 Å². The van der Waals surface area contributed by atoms with Crippen molar-refractivity contribution in [1.29, 1.82) is 0 Å². The summed E-state index contributed by atoms with van der Waals surface area (Å²) in [6.07, 6.45) is 0.0446. The van der Waals surface area contributed by atoms with Crippen molar-refractivity contribution < 1.29 is 17.9 Å². The van der Waals surface area contributed by atoms with Gasteiger partial charge in [-0.15, -0.1) is 0 Å². The Morgan fingerprint density at radius 3 is 2.42 bits per heavy atom. The number of hydrogen-bond acceptors (Lipinski definition) is 5. The SMILES string of the molecule is CCOCCNC(=NC)N1CCN(S(=O)(=O)CCOC(C)C)CC1. The summed E-state index contributed by atoms with van der Waals surface area (Å²) in [4.78, 5) is 6.33. The molecule has 0 radical (unpaired) electrons. The zero-order valence-corrected chi connectivity index (χ0v) is 16.1. The Hall–Kier alpha value is -0.900. The molecule has 1 saturated heterocycles. The van der Waals surface area contributed by atoms with Gasteiger partial charge in [-0.25, -0.2) is 8.42 Å². The number of guanidine groups is 1. The molecule has 0 aliphatic carbocycles. The minimum absolute atomic E-state index is 0.0342. The molecule has 24 heavy (non-hydrogen) atoms. The van der Waals surface area contributed by atoms with Gasteiger partial charge >= 0.3 is 0 Å². The zero-order valence-electron chi connectivity index (χ0n) is 15.3. The molecule has 0 unspecified atom stereocenters. The van der Waals surface area contributed by atoms with Crippen LogP contribution in [0.25, 0.3) is 0 Å². The first-order valence-electron chi connectivity index (χ1n) is 8.53. The van der Waals surface area contributed by atoms with Gasteiger partial charge in [0.15, 0.2) is 5.96 Å². The molecule has 0 bridgehead atoms. The van der Waals surface area contributed by atoms with Crippen LogP contribution < -0.4 is 5.32 Å². The summed E-state index contributed by atoms with van der Waals surface area (Å²) in [5.41, 5.74) is 0. The molecule has 1 rings (SSSR count). The van der Waals surface area contributed by atoms with Crippen LogP contribution in [-0.4, -0.2) is 95.0 Å². The van der Waals surface area contributed by atoms with Gasteiger partial charge < -0.3 is 19.7 Å². The van der Waals surface area contributed by atoms with Crippen molar-refractivity contribution in [2.45, 2.75) is 26.9 Å². The Balaban J connectivity index is 2.41. The van der Waals surface area contributed by atoms with Gasteiger partial charge in [-0.2, -0.15) is 4.31 Å². The molecule has 1 fully saturated rings. The van der Waals surface area contributed by atoms with Gasteiger partial charge in [0, 0.05) is 46.4 Å². The van der Waals surface area contributed by atoms with E-state index in [9.17, 15) is 8.42 Å². The molecule has 142 valence electrons. The maximum absolute atomic E-state index is 12.3. The van der Waals surface area contributed by atoms with E-state index in [1.807, 2.05) is 20.8 Å². The van der Waals surface area contributed by atoms with Crippen LogP contribution in [0.1, 0.15) is 20.8 Å². The highest BCUT2D eigenvalue weighted by Crippen LogP contribution is 2.09. The van der Waals surface area contributed by atoms with Crippen LogP contribution in [0, 0.1) is 0 Å². The maximum atomic E-state index is 12.3. The second-order valence-corrected chi connectivity index (χ2v) is 7.88. The van der Waals surface area contributed by atoms with Crippen LogP contribution in [0.15, 0.2) is 4.99 Å². The van der Waals surface area contributed by atoms with Crippen LogP contribution >= 0.6 is 0 Å². The van der Waals surface area contributed by atoms with E-state index >= 15 is 0 Å². The molecule has 1 aliphatic rings. The average Bonchev–Trinajstić information content (AvgIpc) is 2.55. The fourth-order valence-corrected chi connectivity index (χ4v) is 3.69. The van der Waals surface area contributed by atoms with Gasteiger partial charge in [-0.3, -0.25) is 4.99 Å². The summed E-state index contributed by atoms with van der Waals surface area (Å²) < 4.78 is 36.8. The number of piperazine rings is 1. The minimum atomic E-state index is -3.26. The second kappa shape index (κ2) is 10.9. The predicted molar refractivity (Wildman–Crippen MR) is 95.9 cm³/mol. The van der Waals surface area contributed by atoms with E-state index < -0.39 is 10.0 Å². The number of nitrogens with zero attached hydrogens (tertiary/aromatic N) is 3. The molecule has 8 nitrogen and oxygen atoms in total. The lowest BCUT2D eigenvalue weighted by atomic mass is 10.4. The standard InChI is InChI=1S/C15H32N4O4S/c1-5-22-11-6-17-15(16-4)18-7-9-19(10-8-18)24(20,21)13-12-23-14(2)3/h14H,5-13H2,1-4H3,(H,16,17). The molecule has 0 aromatic rings. The third kappa shape index (κ3) is 7.33. The van der Waals surface area contributed by atoms with E-state index in [1.54, 1.807) is 11.4 Å². The maximum Gasteiger partial charge on any atom is 0.216 e. The van der Waals surface area contributed by atoms with Gasteiger partial charge in [-0.1, -0.05) is 0 Å². The van der Waals surface area contributed by atoms with E-state index in [1.165, 1.54) is 0 Å². The smallest absolute Gasteiger partial charge is 0.216 e. The first-order chi connectivity index (χ1) is 11.4. The Morgan fingerprint density at radius 2 is 1.88 bits per heavy atom. The summed E-state index contributed by atoms with van der Waals surface area (Å²) in [7, 11) is -1.53. The Kier molecular flexibility index (Phi) is 9.57. The molecular weight excluding hydrogens is 332 g/mol. The highest BCUT2D eigenvalue weighted by molar-refractivity contribution is 7.89.